The summed E-state index contributed by atoms with van der Waals surface area (Å²) in [6, 6.07) is 18.5. The Kier molecular flexibility index (Phi) is 8.19. The minimum Gasteiger partial charge on any atom is -0.426 e. The third-order valence-electron chi connectivity index (χ3n) is 8.33. The first-order valence-corrected chi connectivity index (χ1v) is 14.8. The third-order valence-corrected chi connectivity index (χ3v) is 8.56. The van der Waals surface area contributed by atoms with Gasteiger partial charge in [-0.05, 0) is 92.0 Å². The maximum Gasteiger partial charge on any atom is 0.327 e. The second-order valence-electron chi connectivity index (χ2n) is 11.0. The van der Waals surface area contributed by atoms with Gasteiger partial charge in [-0.25, -0.2) is 9.18 Å². The molecule has 0 aliphatic carbocycles. The van der Waals surface area contributed by atoms with Gasteiger partial charge in [-0.3, -0.25) is 14.5 Å². The summed E-state index contributed by atoms with van der Waals surface area (Å²) in [6.45, 7) is 5.03. The molecule has 1 aromatic heterocycles. The van der Waals surface area contributed by atoms with Crippen LogP contribution in [0.1, 0.15) is 41.6 Å². The van der Waals surface area contributed by atoms with Crippen molar-refractivity contribution >= 4 is 40.4 Å². The van der Waals surface area contributed by atoms with E-state index in [9.17, 15) is 18.8 Å². The standard InChI is InChI=1S/C33H32ClFN4O4/c1-22(40)43-31-5-3-2-4-27(31)32(41)38-19-18-37(33(38)42)17-16-36-14-12-23(13-15-36)29-21-39(26-9-7-25(35)8-10-26)30-11-6-24(34)20-28(29)30/h2-11,20-21,23H,12-19H2,1H3. The molecule has 4 aromatic rings. The number of likely N-dealkylation sites (tertiary alicyclic amines) is 1. The molecule has 10 heteroatoms. The summed E-state index contributed by atoms with van der Waals surface area (Å²) < 4.78 is 20.9. The molecular weight excluding hydrogens is 571 g/mol. The highest BCUT2D eigenvalue weighted by Crippen LogP contribution is 2.37. The number of hydrogen-bond acceptors (Lipinski definition) is 5. The fourth-order valence-electron chi connectivity index (χ4n) is 6.11. The van der Waals surface area contributed by atoms with Crippen LogP contribution in [0.3, 0.4) is 0 Å². The minimum absolute atomic E-state index is 0.150. The number of para-hydroxylation sites is 1. The first-order valence-electron chi connectivity index (χ1n) is 14.5. The van der Waals surface area contributed by atoms with E-state index in [0.717, 1.165) is 42.5 Å². The molecule has 3 amide bonds. The molecule has 2 aliphatic rings. The normalized spacial score (nSPS) is 16.3. The summed E-state index contributed by atoms with van der Waals surface area (Å²) in [5.74, 6) is -0.767. The summed E-state index contributed by atoms with van der Waals surface area (Å²) in [4.78, 5) is 43.0. The van der Waals surface area contributed by atoms with Gasteiger partial charge in [0.15, 0.2) is 0 Å². The number of amides is 3. The molecule has 0 radical (unpaired) electrons. The van der Waals surface area contributed by atoms with E-state index in [1.807, 2.05) is 18.2 Å². The van der Waals surface area contributed by atoms with E-state index in [1.54, 1.807) is 41.3 Å². The monoisotopic (exact) mass is 602 g/mol. The molecule has 0 unspecified atom stereocenters. The lowest BCUT2D eigenvalue weighted by molar-refractivity contribution is -0.131. The number of esters is 1. The number of hydrogen-bond donors (Lipinski definition) is 0. The first-order chi connectivity index (χ1) is 20.8. The second-order valence-corrected chi connectivity index (χ2v) is 11.5. The fourth-order valence-corrected chi connectivity index (χ4v) is 6.28. The Morgan fingerprint density at radius 1 is 0.953 bits per heavy atom. The molecule has 2 aliphatic heterocycles. The smallest absolute Gasteiger partial charge is 0.327 e. The van der Waals surface area contributed by atoms with E-state index in [0.29, 0.717) is 30.6 Å². The summed E-state index contributed by atoms with van der Waals surface area (Å²) in [5.41, 5.74) is 3.36. The van der Waals surface area contributed by atoms with E-state index in [-0.39, 0.29) is 29.7 Å². The summed E-state index contributed by atoms with van der Waals surface area (Å²) in [5, 5.41) is 1.79. The maximum atomic E-state index is 13.6. The molecule has 0 N–H and O–H groups in total. The van der Waals surface area contributed by atoms with Crippen molar-refractivity contribution in [1.29, 1.82) is 0 Å². The quantitative estimate of drug-likeness (QED) is 0.189. The largest absolute Gasteiger partial charge is 0.426 e. The Hall–Kier alpha value is -4.21. The van der Waals surface area contributed by atoms with Crippen molar-refractivity contribution in [2.24, 2.45) is 0 Å². The third kappa shape index (κ3) is 6.00. The predicted octanol–water partition coefficient (Wildman–Crippen LogP) is 6.11. The number of carbonyl (C=O) groups is 3. The number of nitrogens with zero attached hydrogens (tertiary/aromatic N) is 4. The zero-order chi connectivity index (χ0) is 30.1. The number of aromatic nitrogens is 1. The lowest BCUT2D eigenvalue weighted by atomic mass is 9.89. The lowest BCUT2D eigenvalue weighted by Gasteiger charge is -2.33. The highest BCUT2D eigenvalue weighted by molar-refractivity contribution is 6.31. The molecule has 6 rings (SSSR count). The fraction of sp³-hybridized carbons (Fsp3) is 0.303. The zero-order valence-electron chi connectivity index (χ0n) is 23.8. The van der Waals surface area contributed by atoms with E-state index >= 15 is 0 Å². The number of ether oxygens (including phenoxy) is 1. The molecular formula is C33H32ClFN4O4. The number of urea groups is 1. The van der Waals surface area contributed by atoms with Gasteiger partial charge in [0.2, 0.25) is 0 Å². The van der Waals surface area contributed by atoms with E-state index in [2.05, 4.69) is 15.7 Å². The van der Waals surface area contributed by atoms with Crippen molar-refractivity contribution in [3.8, 4) is 11.4 Å². The predicted molar refractivity (Wildman–Crippen MR) is 162 cm³/mol. The maximum absolute atomic E-state index is 13.6. The van der Waals surface area contributed by atoms with E-state index in [4.69, 9.17) is 16.3 Å². The number of piperidine rings is 1. The molecule has 2 fully saturated rings. The highest BCUT2D eigenvalue weighted by Gasteiger charge is 2.35. The van der Waals surface area contributed by atoms with Crippen molar-refractivity contribution in [3.05, 3.63) is 94.9 Å². The van der Waals surface area contributed by atoms with Crippen LogP contribution in [0.5, 0.6) is 5.75 Å². The van der Waals surface area contributed by atoms with Crippen LogP contribution in [0.25, 0.3) is 16.6 Å². The molecule has 0 atom stereocenters. The number of carbonyl (C=O) groups excluding carboxylic acids is 3. The Morgan fingerprint density at radius 2 is 1.70 bits per heavy atom. The van der Waals surface area contributed by atoms with Crippen LogP contribution in [0.15, 0.2) is 72.9 Å². The summed E-state index contributed by atoms with van der Waals surface area (Å²) >= 11 is 6.39. The minimum atomic E-state index is -0.527. The van der Waals surface area contributed by atoms with Crippen molar-refractivity contribution in [1.82, 2.24) is 19.3 Å². The average molecular weight is 603 g/mol. The molecule has 2 saturated heterocycles. The SMILES string of the molecule is CC(=O)Oc1ccccc1C(=O)N1CCN(CCN2CCC(c3cn(-c4ccc(F)cc4)c4ccc(Cl)cc34)CC2)C1=O. The lowest BCUT2D eigenvalue weighted by Crippen LogP contribution is -2.42. The highest BCUT2D eigenvalue weighted by atomic mass is 35.5. The molecule has 0 spiro atoms. The molecule has 8 nitrogen and oxygen atoms in total. The number of benzene rings is 3. The van der Waals surface area contributed by atoms with Crippen LogP contribution in [0.2, 0.25) is 5.02 Å². The number of fused-ring (bicyclic) bond motifs is 1. The second kappa shape index (κ2) is 12.2. The van der Waals surface area contributed by atoms with Gasteiger partial charge in [-0.15, -0.1) is 0 Å². The van der Waals surface area contributed by atoms with E-state index in [1.165, 1.54) is 29.5 Å². The van der Waals surface area contributed by atoms with Crippen LogP contribution >= 0.6 is 11.6 Å². The number of rotatable bonds is 7. The van der Waals surface area contributed by atoms with Crippen molar-refractivity contribution < 1.29 is 23.5 Å². The first kappa shape index (κ1) is 28.9. The molecule has 222 valence electrons. The van der Waals surface area contributed by atoms with Gasteiger partial charge in [-0.2, -0.15) is 0 Å². The van der Waals surface area contributed by atoms with Crippen LogP contribution < -0.4 is 4.74 Å². The van der Waals surface area contributed by atoms with Gasteiger partial charge in [0.25, 0.3) is 5.91 Å². The van der Waals surface area contributed by atoms with Crippen LogP contribution in [-0.2, 0) is 4.79 Å². The number of halogens is 2. The Bertz CT molecular complexity index is 1680. The molecule has 3 heterocycles. The van der Waals surface area contributed by atoms with Crippen LogP contribution in [0, 0.1) is 5.82 Å². The summed E-state index contributed by atoms with van der Waals surface area (Å²) in [7, 11) is 0. The average Bonchev–Trinajstić information content (AvgIpc) is 3.56. The van der Waals surface area contributed by atoms with Gasteiger partial charge in [-0.1, -0.05) is 23.7 Å². The van der Waals surface area contributed by atoms with Gasteiger partial charge < -0.3 is 19.1 Å². The van der Waals surface area contributed by atoms with Gasteiger partial charge in [0, 0.05) is 55.4 Å². The molecule has 43 heavy (non-hydrogen) atoms. The van der Waals surface area contributed by atoms with Crippen molar-refractivity contribution in [3.63, 3.8) is 0 Å². The Labute approximate surface area is 254 Å². The van der Waals surface area contributed by atoms with Crippen LogP contribution in [0.4, 0.5) is 9.18 Å². The van der Waals surface area contributed by atoms with Crippen molar-refractivity contribution in [2.75, 3.05) is 39.3 Å². The summed E-state index contributed by atoms with van der Waals surface area (Å²) in [6.07, 6.45) is 4.07. The Morgan fingerprint density at radius 3 is 2.44 bits per heavy atom. The van der Waals surface area contributed by atoms with E-state index < -0.39 is 11.9 Å². The molecule has 0 saturated carbocycles. The van der Waals surface area contributed by atoms with Gasteiger partial charge >= 0.3 is 12.0 Å². The molecule has 3 aromatic carbocycles. The zero-order valence-corrected chi connectivity index (χ0v) is 24.6. The number of imide groups is 1. The Balaban J connectivity index is 1.08. The molecule has 0 bridgehead atoms. The van der Waals surface area contributed by atoms with Gasteiger partial charge in [0.05, 0.1) is 11.1 Å². The topological polar surface area (TPSA) is 75.1 Å². The van der Waals surface area contributed by atoms with Crippen LogP contribution in [-0.4, -0.2) is 76.4 Å². The van der Waals surface area contributed by atoms with Crippen molar-refractivity contribution in [2.45, 2.75) is 25.7 Å². The van der Waals surface area contributed by atoms with Gasteiger partial charge in [0.1, 0.15) is 11.6 Å².